The van der Waals surface area contributed by atoms with Crippen molar-refractivity contribution in [2.75, 3.05) is 17.9 Å². The molecule has 2 aromatic carbocycles. The maximum absolute atomic E-state index is 13.2. The van der Waals surface area contributed by atoms with Crippen molar-refractivity contribution in [1.29, 1.82) is 0 Å². The first-order valence-electron chi connectivity index (χ1n) is 7.74. The molecule has 1 N–H and O–H groups in total. The van der Waals surface area contributed by atoms with Gasteiger partial charge in [-0.2, -0.15) is 0 Å². The minimum Gasteiger partial charge on any atom is -0.470 e. The standard InChI is InChI=1S/C17H19FN2O3S/c1-19-12-4-7-17-23-16-6-3-2-5-15(16)20(24(17,21)22)14-10-8-13(18)9-11-14/h2-3,5-6,8-11,17,19H,4,7,12H2,1H3. The maximum atomic E-state index is 13.2. The molecule has 0 spiro atoms. The number of sulfonamides is 1. The summed E-state index contributed by atoms with van der Waals surface area (Å²) in [4.78, 5) is 0. The molecule has 0 fully saturated rings. The van der Waals surface area contributed by atoms with Gasteiger partial charge in [0.1, 0.15) is 11.6 Å². The van der Waals surface area contributed by atoms with Crippen molar-refractivity contribution >= 4 is 21.4 Å². The number of nitrogens with zero attached hydrogens (tertiary/aromatic N) is 1. The van der Waals surface area contributed by atoms with Gasteiger partial charge in [-0.25, -0.2) is 17.1 Å². The molecular weight excluding hydrogens is 331 g/mol. The average molecular weight is 350 g/mol. The van der Waals surface area contributed by atoms with Crippen LogP contribution in [0, 0.1) is 5.82 Å². The summed E-state index contributed by atoms with van der Waals surface area (Å²) < 4.78 is 46.3. The van der Waals surface area contributed by atoms with Crippen molar-refractivity contribution in [2.24, 2.45) is 0 Å². The van der Waals surface area contributed by atoms with Crippen molar-refractivity contribution in [3.8, 4) is 5.75 Å². The number of halogens is 1. The van der Waals surface area contributed by atoms with Gasteiger partial charge in [0.15, 0.2) is 0 Å². The number of benzene rings is 2. The molecule has 0 radical (unpaired) electrons. The summed E-state index contributed by atoms with van der Waals surface area (Å²) in [6.07, 6.45) is 1.04. The Morgan fingerprint density at radius 2 is 1.88 bits per heavy atom. The van der Waals surface area contributed by atoms with Crippen LogP contribution in [-0.2, 0) is 10.0 Å². The summed E-state index contributed by atoms with van der Waals surface area (Å²) in [5.41, 5.74) is -0.134. The fourth-order valence-corrected chi connectivity index (χ4v) is 4.46. The Balaban J connectivity index is 2.05. The number of rotatable bonds is 5. The van der Waals surface area contributed by atoms with E-state index in [0.717, 1.165) is 0 Å². The van der Waals surface area contributed by atoms with Crippen LogP contribution in [0.15, 0.2) is 48.5 Å². The monoisotopic (exact) mass is 350 g/mol. The van der Waals surface area contributed by atoms with E-state index in [2.05, 4.69) is 5.32 Å². The number of nitrogens with one attached hydrogen (secondary N) is 1. The first kappa shape index (κ1) is 16.7. The van der Waals surface area contributed by atoms with Crippen molar-refractivity contribution in [2.45, 2.75) is 18.3 Å². The second-order valence-electron chi connectivity index (χ2n) is 5.55. The Kier molecular flexibility index (Phi) is 4.73. The highest BCUT2D eigenvalue weighted by molar-refractivity contribution is 7.93. The zero-order valence-corrected chi connectivity index (χ0v) is 14.1. The number of hydrogen-bond donors (Lipinski definition) is 1. The summed E-state index contributed by atoms with van der Waals surface area (Å²) in [7, 11) is -1.95. The van der Waals surface area contributed by atoms with Crippen LogP contribution in [0.3, 0.4) is 0 Å². The molecule has 7 heteroatoms. The van der Waals surface area contributed by atoms with Gasteiger partial charge in [-0.15, -0.1) is 0 Å². The number of para-hydroxylation sites is 2. The third-order valence-electron chi connectivity index (χ3n) is 3.86. The van der Waals surface area contributed by atoms with E-state index in [1.807, 2.05) is 7.05 Å². The molecule has 0 aliphatic carbocycles. The zero-order chi connectivity index (χ0) is 17.2. The Bertz CT molecular complexity index is 809. The van der Waals surface area contributed by atoms with Crippen LogP contribution < -0.4 is 14.4 Å². The normalized spacial score (nSPS) is 18.8. The first-order valence-corrected chi connectivity index (χ1v) is 9.24. The molecular formula is C17H19FN2O3S. The second kappa shape index (κ2) is 6.78. The smallest absolute Gasteiger partial charge is 0.277 e. The van der Waals surface area contributed by atoms with E-state index in [4.69, 9.17) is 4.74 Å². The second-order valence-corrected chi connectivity index (χ2v) is 7.47. The molecule has 0 bridgehead atoms. The molecule has 0 aromatic heterocycles. The van der Waals surface area contributed by atoms with Crippen LogP contribution in [-0.4, -0.2) is 27.4 Å². The molecule has 1 unspecified atom stereocenters. The van der Waals surface area contributed by atoms with Crippen LogP contribution in [0.1, 0.15) is 12.8 Å². The van der Waals surface area contributed by atoms with Crippen molar-refractivity contribution in [3.05, 3.63) is 54.3 Å². The number of anilines is 2. The van der Waals surface area contributed by atoms with Crippen molar-refractivity contribution in [3.63, 3.8) is 0 Å². The van der Waals surface area contributed by atoms with Gasteiger partial charge >= 0.3 is 0 Å². The van der Waals surface area contributed by atoms with Crippen LogP contribution in [0.5, 0.6) is 5.75 Å². The van der Waals surface area contributed by atoms with Gasteiger partial charge < -0.3 is 10.1 Å². The molecule has 2 aromatic rings. The van der Waals surface area contributed by atoms with Gasteiger partial charge in [0.25, 0.3) is 10.0 Å². The molecule has 1 aliphatic heterocycles. The lowest BCUT2D eigenvalue weighted by Gasteiger charge is -2.35. The molecule has 24 heavy (non-hydrogen) atoms. The highest BCUT2D eigenvalue weighted by Crippen LogP contribution is 2.42. The van der Waals surface area contributed by atoms with Crippen LogP contribution in [0.25, 0.3) is 0 Å². The fraction of sp³-hybridized carbons (Fsp3) is 0.294. The van der Waals surface area contributed by atoms with Gasteiger partial charge in [-0.1, -0.05) is 12.1 Å². The summed E-state index contributed by atoms with van der Waals surface area (Å²) in [5, 5.41) is 3.00. The molecule has 128 valence electrons. The number of ether oxygens (including phenoxy) is 1. The van der Waals surface area contributed by atoms with Crippen LogP contribution in [0.4, 0.5) is 15.8 Å². The van der Waals surface area contributed by atoms with E-state index in [1.54, 1.807) is 24.3 Å². The van der Waals surface area contributed by atoms with Gasteiger partial charge in [0, 0.05) is 6.42 Å². The van der Waals surface area contributed by atoms with E-state index < -0.39 is 21.3 Å². The Labute approximate surface area is 141 Å². The minimum atomic E-state index is -3.76. The molecule has 3 rings (SSSR count). The van der Waals surface area contributed by atoms with Crippen LogP contribution >= 0.6 is 0 Å². The Morgan fingerprint density at radius 3 is 2.58 bits per heavy atom. The van der Waals surface area contributed by atoms with E-state index in [0.29, 0.717) is 36.5 Å². The topological polar surface area (TPSA) is 58.6 Å². The first-order chi connectivity index (χ1) is 11.5. The number of hydrogen-bond acceptors (Lipinski definition) is 4. The van der Waals surface area contributed by atoms with Gasteiger partial charge in [0.2, 0.25) is 5.44 Å². The largest absolute Gasteiger partial charge is 0.470 e. The summed E-state index contributed by atoms with van der Waals surface area (Å²) >= 11 is 0. The molecule has 5 nitrogen and oxygen atoms in total. The lowest BCUT2D eigenvalue weighted by atomic mass is 10.2. The maximum Gasteiger partial charge on any atom is 0.277 e. The molecule has 0 saturated carbocycles. The van der Waals surface area contributed by atoms with Gasteiger partial charge in [-0.05, 0) is 56.4 Å². The Morgan fingerprint density at radius 1 is 1.17 bits per heavy atom. The minimum absolute atomic E-state index is 0.370. The predicted octanol–water partition coefficient (Wildman–Crippen LogP) is 3.01. The van der Waals surface area contributed by atoms with E-state index in [-0.39, 0.29) is 0 Å². The lowest BCUT2D eigenvalue weighted by molar-refractivity contribution is 0.254. The predicted molar refractivity (Wildman–Crippen MR) is 91.5 cm³/mol. The molecule has 1 aliphatic rings. The van der Waals surface area contributed by atoms with Crippen molar-refractivity contribution < 1.29 is 17.5 Å². The zero-order valence-electron chi connectivity index (χ0n) is 13.3. The third-order valence-corrected chi connectivity index (χ3v) is 5.77. The quantitative estimate of drug-likeness (QED) is 0.842. The molecule has 1 heterocycles. The van der Waals surface area contributed by atoms with Gasteiger partial charge in [-0.3, -0.25) is 0 Å². The SMILES string of the molecule is CNCCCC1Oc2ccccc2N(c2ccc(F)cc2)S1(=O)=O. The van der Waals surface area contributed by atoms with E-state index in [1.165, 1.54) is 28.6 Å². The van der Waals surface area contributed by atoms with Crippen molar-refractivity contribution in [1.82, 2.24) is 5.32 Å². The third kappa shape index (κ3) is 3.09. The van der Waals surface area contributed by atoms with Crippen LogP contribution in [0.2, 0.25) is 0 Å². The highest BCUT2D eigenvalue weighted by atomic mass is 32.2. The number of fused-ring (bicyclic) bond motifs is 1. The average Bonchev–Trinajstić information content (AvgIpc) is 2.56. The lowest BCUT2D eigenvalue weighted by Crippen LogP contribution is -2.43. The molecule has 0 saturated heterocycles. The summed E-state index contributed by atoms with van der Waals surface area (Å²) in [5.74, 6) is 0.0920. The summed E-state index contributed by atoms with van der Waals surface area (Å²) in [6.45, 7) is 0.702. The summed E-state index contributed by atoms with van der Waals surface area (Å²) in [6, 6.07) is 12.4. The van der Waals surface area contributed by atoms with E-state index >= 15 is 0 Å². The molecule has 1 atom stereocenters. The molecule has 0 amide bonds. The van der Waals surface area contributed by atoms with Gasteiger partial charge in [0.05, 0.1) is 11.4 Å². The highest BCUT2D eigenvalue weighted by Gasteiger charge is 2.40. The Hall–Kier alpha value is -2.12. The van der Waals surface area contributed by atoms with E-state index in [9.17, 15) is 12.8 Å². The fourth-order valence-electron chi connectivity index (χ4n) is 2.70.